The molecule has 0 aliphatic rings. The Labute approximate surface area is 107 Å². The lowest BCUT2D eigenvalue weighted by atomic mass is 9.98. The zero-order valence-electron chi connectivity index (χ0n) is 9.99. The van der Waals surface area contributed by atoms with Crippen LogP contribution in [0.2, 0.25) is 0 Å². The fourth-order valence-corrected chi connectivity index (χ4v) is 1.87. The van der Waals surface area contributed by atoms with E-state index in [1.807, 2.05) is 0 Å². The van der Waals surface area contributed by atoms with Gasteiger partial charge in [-0.15, -0.1) is 11.6 Å². The Hall–Kier alpha value is -0.640. The topological polar surface area (TPSA) is 18.5 Å². The van der Waals surface area contributed by atoms with E-state index in [0.717, 1.165) is 12.0 Å². The van der Waals surface area contributed by atoms with Gasteiger partial charge in [-0.3, -0.25) is 0 Å². The molecule has 1 aromatic rings. The van der Waals surface area contributed by atoms with Gasteiger partial charge in [0, 0.05) is 19.6 Å². The highest BCUT2D eigenvalue weighted by Crippen LogP contribution is 2.21. The van der Waals surface area contributed by atoms with Crippen LogP contribution in [0.5, 0.6) is 0 Å². The van der Waals surface area contributed by atoms with Gasteiger partial charge in [0.2, 0.25) is 0 Å². The van der Waals surface area contributed by atoms with E-state index in [2.05, 4.69) is 0 Å². The number of alkyl halides is 1. The van der Waals surface area contributed by atoms with Crippen molar-refractivity contribution in [2.45, 2.75) is 12.3 Å². The summed E-state index contributed by atoms with van der Waals surface area (Å²) in [5.74, 6) is 0.498. The van der Waals surface area contributed by atoms with Crippen LogP contribution >= 0.6 is 11.6 Å². The van der Waals surface area contributed by atoms with Crippen molar-refractivity contribution in [2.75, 3.05) is 32.8 Å². The lowest BCUT2D eigenvalue weighted by Gasteiger charge is -2.14. The average molecular weight is 261 g/mol. The zero-order valence-corrected chi connectivity index (χ0v) is 10.8. The number of hydrogen-bond donors (Lipinski definition) is 0. The standard InChI is InChI=1S/C13H18ClFO2/c1-16-8-9-17-7-6-12(10-14)11-2-4-13(15)5-3-11/h2-5,12H,6-10H2,1H3. The Morgan fingerprint density at radius 3 is 2.47 bits per heavy atom. The van der Waals surface area contributed by atoms with Crippen LogP contribution in [-0.2, 0) is 9.47 Å². The Bertz CT molecular complexity index is 303. The summed E-state index contributed by atoms with van der Waals surface area (Å²) in [6, 6.07) is 6.47. The molecule has 0 saturated carbocycles. The lowest BCUT2D eigenvalue weighted by molar-refractivity contribution is 0.0676. The monoisotopic (exact) mass is 260 g/mol. The molecular weight excluding hydrogens is 243 g/mol. The van der Waals surface area contributed by atoms with Crippen molar-refractivity contribution in [3.63, 3.8) is 0 Å². The molecule has 17 heavy (non-hydrogen) atoms. The van der Waals surface area contributed by atoms with Crippen molar-refractivity contribution in [3.05, 3.63) is 35.6 Å². The highest BCUT2D eigenvalue weighted by Gasteiger charge is 2.10. The van der Waals surface area contributed by atoms with Crippen molar-refractivity contribution in [3.8, 4) is 0 Å². The summed E-state index contributed by atoms with van der Waals surface area (Å²) in [6.07, 6.45) is 0.832. The fourth-order valence-electron chi connectivity index (χ4n) is 1.54. The minimum atomic E-state index is -0.224. The number of methoxy groups -OCH3 is 1. The van der Waals surface area contributed by atoms with E-state index in [1.165, 1.54) is 12.1 Å². The summed E-state index contributed by atoms with van der Waals surface area (Å²) >= 11 is 5.91. The van der Waals surface area contributed by atoms with E-state index in [-0.39, 0.29) is 11.7 Å². The summed E-state index contributed by atoms with van der Waals surface area (Å²) in [4.78, 5) is 0. The molecule has 0 amide bonds. The molecule has 0 radical (unpaired) electrons. The van der Waals surface area contributed by atoms with Crippen LogP contribution in [0.25, 0.3) is 0 Å². The Balaban J connectivity index is 2.35. The SMILES string of the molecule is COCCOCCC(CCl)c1ccc(F)cc1. The highest BCUT2D eigenvalue weighted by atomic mass is 35.5. The van der Waals surface area contributed by atoms with Crippen LogP contribution in [0, 0.1) is 5.82 Å². The fraction of sp³-hybridized carbons (Fsp3) is 0.538. The average Bonchev–Trinajstić information content (AvgIpc) is 2.35. The molecule has 0 aromatic heterocycles. The smallest absolute Gasteiger partial charge is 0.123 e. The van der Waals surface area contributed by atoms with Gasteiger partial charge in [0.25, 0.3) is 0 Å². The molecule has 1 rings (SSSR count). The molecule has 0 bridgehead atoms. The number of ether oxygens (including phenoxy) is 2. The van der Waals surface area contributed by atoms with Gasteiger partial charge in [-0.2, -0.15) is 0 Å². The highest BCUT2D eigenvalue weighted by molar-refractivity contribution is 6.18. The molecule has 0 aliphatic carbocycles. The summed E-state index contributed by atoms with van der Waals surface area (Å²) < 4.78 is 23.0. The molecule has 0 saturated heterocycles. The van der Waals surface area contributed by atoms with Crippen molar-refractivity contribution in [2.24, 2.45) is 0 Å². The third-order valence-electron chi connectivity index (χ3n) is 2.57. The number of halogens is 2. The first kappa shape index (κ1) is 14.4. The molecular formula is C13H18ClFO2. The Morgan fingerprint density at radius 1 is 1.18 bits per heavy atom. The predicted molar refractivity (Wildman–Crippen MR) is 67.2 cm³/mol. The Morgan fingerprint density at radius 2 is 1.88 bits per heavy atom. The quantitative estimate of drug-likeness (QED) is 0.528. The molecule has 96 valence electrons. The number of hydrogen-bond acceptors (Lipinski definition) is 2. The molecule has 1 aromatic carbocycles. The van der Waals surface area contributed by atoms with Crippen LogP contribution < -0.4 is 0 Å². The van der Waals surface area contributed by atoms with Crippen LogP contribution in [0.3, 0.4) is 0 Å². The van der Waals surface area contributed by atoms with E-state index in [1.54, 1.807) is 19.2 Å². The second-order valence-corrected chi connectivity index (χ2v) is 4.11. The summed E-state index contributed by atoms with van der Waals surface area (Å²) in [7, 11) is 1.64. The zero-order chi connectivity index (χ0) is 12.5. The van der Waals surface area contributed by atoms with Crippen molar-refractivity contribution in [1.29, 1.82) is 0 Å². The summed E-state index contributed by atoms with van der Waals surface area (Å²) in [5.41, 5.74) is 1.05. The molecule has 0 aliphatic heterocycles. The maximum Gasteiger partial charge on any atom is 0.123 e. The Kier molecular flexibility index (Phi) is 7.17. The molecule has 1 atom stereocenters. The molecule has 4 heteroatoms. The second kappa shape index (κ2) is 8.45. The maximum absolute atomic E-state index is 12.8. The minimum absolute atomic E-state index is 0.208. The lowest BCUT2D eigenvalue weighted by Crippen LogP contribution is -2.08. The van der Waals surface area contributed by atoms with Gasteiger partial charge < -0.3 is 9.47 Å². The van der Waals surface area contributed by atoms with Gasteiger partial charge in [0.05, 0.1) is 13.2 Å². The maximum atomic E-state index is 12.8. The molecule has 0 N–H and O–H groups in total. The van der Waals surface area contributed by atoms with Gasteiger partial charge in [-0.1, -0.05) is 12.1 Å². The first-order chi connectivity index (χ1) is 8.27. The van der Waals surface area contributed by atoms with Crippen molar-refractivity contribution < 1.29 is 13.9 Å². The van der Waals surface area contributed by atoms with E-state index in [0.29, 0.717) is 25.7 Å². The predicted octanol–water partition coefficient (Wildman–Crippen LogP) is 3.20. The van der Waals surface area contributed by atoms with Crippen LogP contribution in [-0.4, -0.2) is 32.8 Å². The third-order valence-corrected chi connectivity index (χ3v) is 2.94. The van der Waals surface area contributed by atoms with Gasteiger partial charge in [-0.05, 0) is 30.0 Å². The van der Waals surface area contributed by atoms with Crippen molar-refractivity contribution >= 4 is 11.6 Å². The summed E-state index contributed by atoms with van der Waals surface area (Å²) in [5, 5.41) is 0. The molecule has 0 heterocycles. The van der Waals surface area contributed by atoms with E-state index in [4.69, 9.17) is 21.1 Å². The van der Waals surface area contributed by atoms with Gasteiger partial charge in [0.15, 0.2) is 0 Å². The normalized spacial score (nSPS) is 12.6. The largest absolute Gasteiger partial charge is 0.382 e. The van der Waals surface area contributed by atoms with Gasteiger partial charge >= 0.3 is 0 Å². The molecule has 0 spiro atoms. The summed E-state index contributed by atoms with van der Waals surface area (Å²) in [6.45, 7) is 1.83. The first-order valence-corrected chi connectivity index (χ1v) is 6.19. The molecule has 0 fully saturated rings. The minimum Gasteiger partial charge on any atom is -0.382 e. The van der Waals surface area contributed by atoms with Crippen LogP contribution in [0.1, 0.15) is 17.9 Å². The first-order valence-electron chi connectivity index (χ1n) is 5.66. The van der Waals surface area contributed by atoms with Gasteiger partial charge in [0.1, 0.15) is 5.82 Å². The van der Waals surface area contributed by atoms with Gasteiger partial charge in [-0.25, -0.2) is 4.39 Å². The molecule has 2 nitrogen and oxygen atoms in total. The van der Waals surface area contributed by atoms with E-state index in [9.17, 15) is 4.39 Å². The number of benzene rings is 1. The van der Waals surface area contributed by atoms with E-state index < -0.39 is 0 Å². The number of rotatable bonds is 8. The van der Waals surface area contributed by atoms with Crippen LogP contribution in [0.4, 0.5) is 4.39 Å². The molecule has 1 unspecified atom stereocenters. The van der Waals surface area contributed by atoms with Crippen LogP contribution in [0.15, 0.2) is 24.3 Å². The van der Waals surface area contributed by atoms with E-state index >= 15 is 0 Å². The van der Waals surface area contributed by atoms with Crippen molar-refractivity contribution in [1.82, 2.24) is 0 Å². The third kappa shape index (κ3) is 5.48. The second-order valence-electron chi connectivity index (χ2n) is 3.80.